The Morgan fingerprint density at radius 2 is 2.44 bits per heavy atom. The summed E-state index contributed by atoms with van der Waals surface area (Å²) in [5, 5.41) is 0. The molecule has 0 amide bonds. The number of hydrogen-bond donors (Lipinski definition) is 1. The molecule has 5 heteroatoms. The summed E-state index contributed by atoms with van der Waals surface area (Å²) in [4.78, 5) is 6.69. The van der Waals surface area contributed by atoms with Gasteiger partial charge in [0, 0.05) is 19.3 Å². The van der Waals surface area contributed by atoms with Crippen molar-refractivity contribution in [3.8, 4) is 0 Å². The smallest absolute Gasteiger partial charge is 0.298 e. The van der Waals surface area contributed by atoms with Crippen LogP contribution in [0.2, 0.25) is 0 Å². The second-order valence-electron chi connectivity index (χ2n) is 4.67. The number of benzene rings is 1. The van der Waals surface area contributed by atoms with Crippen LogP contribution in [0.5, 0.6) is 0 Å². The van der Waals surface area contributed by atoms with E-state index in [1.807, 2.05) is 18.2 Å². The lowest BCUT2D eigenvalue weighted by molar-refractivity contribution is 0.179. The standard InChI is InChI=1S/C13H17N3O2/c1-17-8-10-3-2-6-16(10)13-15-11-7-9(14)4-5-12(11)18-13/h4-5,7,10H,2-3,6,8,14H2,1H3. The molecule has 1 unspecified atom stereocenters. The molecular weight excluding hydrogens is 230 g/mol. The zero-order valence-electron chi connectivity index (χ0n) is 10.4. The molecule has 0 saturated carbocycles. The van der Waals surface area contributed by atoms with Gasteiger partial charge < -0.3 is 19.8 Å². The Hall–Kier alpha value is -1.75. The number of nitrogens with zero attached hydrogens (tertiary/aromatic N) is 2. The summed E-state index contributed by atoms with van der Waals surface area (Å²) in [7, 11) is 1.73. The molecule has 2 N–H and O–H groups in total. The average molecular weight is 247 g/mol. The van der Waals surface area contributed by atoms with Crippen molar-refractivity contribution in [2.24, 2.45) is 0 Å². The molecule has 1 aliphatic heterocycles. The minimum Gasteiger partial charge on any atom is -0.423 e. The Kier molecular flexibility index (Phi) is 2.83. The van der Waals surface area contributed by atoms with E-state index in [9.17, 15) is 0 Å². The van der Waals surface area contributed by atoms with Gasteiger partial charge in [0.1, 0.15) is 5.52 Å². The van der Waals surface area contributed by atoms with Crippen LogP contribution in [0.3, 0.4) is 0 Å². The van der Waals surface area contributed by atoms with E-state index in [-0.39, 0.29) is 0 Å². The molecule has 0 aliphatic carbocycles. The third kappa shape index (κ3) is 1.90. The molecule has 2 heterocycles. The molecule has 1 aliphatic rings. The van der Waals surface area contributed by atoms with E-state index in [4.69, 9.17) is 14.9 Å². The van der Waals surface area contributed by atoms with Crippen molar-refractivity contribution in [2.75, 3.05) is 30.9 Å². The van der Waals surface area contributed by atoms with E-state index in [1.54, 1.807) is 7.11 Å². The predicted molar refractivity (Wildman–Crippen MR) is 70.7 cm³/mol. The van der Waals surface area contributed by atoms with Crippen molar-refractivity contribution in [1.82, 2.24) is 4.98 Å². The van der Waals surface area contributed by atoms with Gasteiger partial charge in [-0.15, -0.1) is 0 Å². The molecule has 0 bridgehead atoms. The highest BCUT2D eigenvalue weighted by Gasteiger charge is 2.28. The van der Waals surface area contributed by atoms with Crippen LogP contribution in [0.15, 0.2) is 22.6 Å². The topological polar surface area (TPSA) is 64.5 Å². The zero-order chi connectivity index (χ0) is 12.5. The van der Waals surface area contributed by atoms with Crippen LogP contribution < -0.4 is 10.6 Å². The third-order valence-corrected chi connectivity index (χ3v) is 3.38. The number of nitrogens with two attached hydrogens (primary N) is 1. The molecule has 18 heavy (non-hydrogen) atoms. The van der Waals surface area contributed by atoms with Gasteiger partial charge in [0.05, 0.1) is 12.6 Å². The maximum absolute atomic E-state index is 5.79. The van der Waals surface area contributed by atoms with Crippen LogP contribution in [0.1, 0.15) is 12.8 Å². The monoisotopic (exact) mass is 247 g/mol. The van der Waals surface area contributed by atoms with Crippen molar-refractivity contribution in [3.05, 3.63) is 18.2 Å². The summed E-state index contributed by atoms with van der Waals surface area (Å²) in [5.41, 5.74) is 8.04. The Labute approximate surface area is 106 Å². The first-order valence-electron chi connectivity index (χ1n) is 6.19. The Morgan fingerprint density at radius 3 is 3.28 bits per heavy atom. The van der Waals surface area contributed by atoms with Crippen molar-refractivity contribution in [2.45, 2.75) is 18.9 Å². The van der Waals surface area contributed by atoms with Crippen molar-refractivity contribution < 1.29 is 9.15 Å². The number of methoxy groups -OCH3 is 1. The minimum atomic E-state index is 0.361. The highest BCUT2D eigenvalue weighted by Crippen LogP contribution is 2.29. The lowest BCUT2D eigenvalue weighted by Crippen LogP contribution is -2.32. The molecule has 96 valence electrons. The molecule has 1 aromatic heterocycles. The molecule has 0 radical (unpaired) electrons. The predicted octanol–water partition coefficient (Wildman–Crippen LogP) is 2.03. The largest absolute Gasteiger partial charge is 0.423 e. The van der Waals surface area contributed by atoms with Crippen LogP contribution in [-0.2, 0) is 4.74 Å². The van der Waals surface area contributed by atoms with Crippen LogP contribution in [-0.4, -0.2) is 31.3 Å². The molecule has 1 atom stereocenters. The van der Waals surface area contributed by atoms with Crippen molar-refractivity contribution >= 4 is 22.8 Å². The number of nitrogen functional groups attached to an aromatic ring is 1. The van der Waals surface area contributed by atoms with Gasteiger partial charge in [-0.2, -0.15) is 4.98 Å². The summed E-state index contributed by atoms with van der Waals surface area (Å²) < 4.78 is 11.0. The van der Waals surface area contributed by atoms with E-state index >= 15 is 0 Å². The molecule has 1 fully saturated rings. The Balaban J connectivity index is 1.93. The van der Waals surface area contributed by atoms with E-state index in [0.717, 1.165) is 30.5 Å². The maximum Gasteiger partial charge on any atom is 0.298 e. The molecule has 2 aromatic rings. The summed E-state index contributed by atoms with van der Waals surface area (Å²) in [6.07, 6.45) is 2.27. The highest BCUT2D eigenvalue weighted by molar-refractivity contribution is 5.78. The molecule has 1 saturated heterocycles. The van der Waals surface area contributed by atoms with Gasteiger partial charge in [-0.05, 0) is 31.0 Å². The summed E-state index contributed by atoms with van der Waals surface area (Å²) in [6.45, 7) is 1.68. The number of fused-ring (bicyclic) bond motifs is 1. The van der Waals surface area contributed by atoms with Crippen molar-refractivity contribution in [1.29, 1.82) is 0 Å². The summed E-state index contributed by atoms with van der Waals surface area (Å²) >= 11 is 0. The van der Waals surface area contributed by atoms with Gasteiger partial charge >= 0.3 is 0 Å². The number of oxazole rings is 1. The number of aromatic nitrogens is 1. The van der Waals surface area contributed by atoms with Crippen LogP contribution >= 0.6 is 0 Å². The van der Waals surface area contributed by atoms with Gasteiger partial charge in [-0.25, -0.2) is 0 Å². The van der Waals surface area contributed by atoms with Crippen LogP contribution in [0.4, 0.5) is 11.7 Å². The number of hydrogen-bond acceptors (Lipinski definition) is 5. The Bertz CT molecular complexity index is 552. The van der Waals surface area contributed by atoms with Crippen LogP contribution in [0, 0.1) is 0 Å². The van der Waals surface area contributed by atoms with Gasteiger partial charge in [0.15, 0.2) is 5.58 Å². The molecule has 3 rings (SSSR count). The average Bonchev–Trinajstić information content (AvgIpc) is 2.94. The fourth-order valence-corrected chi connectivity index (χ4v) is 2.51. The fraction of sp³-hybridized carbons (Fsp3) is 0.462. The molecule has 5 nitrogen and oxygen atoms in total. The van der Waals surface area contributed by atoms with E-state index < -0.39 is 0 Å². The quantitative estimate of drug-likeness (QED) is 0.841. The van der Waals surface area contributed by atoms with Gasteiger partial charge in [0.2, 0.25) is 0 Å². The fourth-order valence-electron chi connectivity index (χ4n) is 2.51. The SMILES string of the molecule is COCC1CCCN1c1nc2cc(N)ccc2o1. The summed E-state index contributed by atoms with van der Waals surface area (Å²) in [6, 6.07) is 6.57. The van der Waals surface area contributed by atoms with E-state index in [1.165, 1.54) is 0 Å². The molecule has 1 aromatic carbocycles. The highest BCUT2D eigenvalue weighted by atomic mass is 16.5. The normalized spacial score (nSPS) is 19.8. The number of ether oxygens (including phenoxy) is 1. The second-order valence-corrected chi connectivity index (χ2v) is 4.67. The van der Waals surface area contributed by atoms with Gasteiger partial charge in [0.25, 0.3) is 6.01 Å². The first kappa shape index (κ1) is 11.3. The molecule has 0 spiro atoms. The number of anilines is 2. The van der Waals surface area contributed by atoms with Gasteiger partial charge in [-0.3, -0.25) is 0 Å². The first-order chi connectivity index (χ1) is 8.78. The third-order valence-electron chi connectivity index (χ3n) is 3.38. The second kappa shape index (κ2) is 4.49. The van der Waals surface area contributed by atoms with Crippen LogP contribution in [0.25, 0.3) is 11.1 Å². The first-order valence-corrected chi connectivity index (χ1v) is 6.19. The zero-order valence-corrected chi connectivity index (χ0v) is 10.4. The maximum atomic E-state index is 5.79. The Morgan fingerprint density at radius 1 is 1.56 bits per heavy atom. The van der Waals surface area contributed by atoms with E-state index in [2.05, 4.69) is 9.88 Å². The lowest BCUT2D eigenvalue weighted by Gasteiger charge is -2.21. The lowest BCUT2D eigenvalue weighted by atomic mass is 10.2. The minimum absolute atomic E-state index is 0.361. The molecular formula is C13H17N3O2. The van der Waals surface area contributed by atoms with Crippen molar-refractivity contribution in [3.63, 3.8) is 0 Å². The van der Waals surface area contributed by atoms with Gasteiger partial charge in [-0.1, -0.05) is 0 Å². The van der Waals surface area contributed by atoms with E-state index in [0.29, 0.717) is 24.4 Å². The number of rotatable bonds is 3. The summed E-state index contributed by atoms with van der Waals surface area (Å²) in [5.74, 6) is 0.